The fourth-order valence-electron chi connectivity index (χ4n) is 9.56. The molecule has 0 saturated heterocycles. The number of aromatic hydroxyl groups is 2. The van der Waals surface area contributed by atoms with Crippen LogP contribution in [0.3, 0.4) is 0 Å². The number of rotatable bonds is 38. The highest BCUT2D eigenvalue weighted by molar-refractivity contribution is 7.99. The molecule has 4 unspecified atom stereocenters. The first-order valence-corrected chi connectivity index (χ1v) is 31.7. The lowest BCUT2D eigenvalue weighted by Crippen LogP contribution is -2.28. The van der Waals surface area contributed by atoms with E-state index < -0.39 is 11.1 Å². The largest absolute Gasteiger partial charge is 0.493 e. The van der Waals surface area contributed by atoms with Gasteiger partial charge in [0, 0.05) is 66.7 Å². The van der Waals surface area contributed by atoms with Gasteiger partial charge in [0.1, 0.15) is 35.5 Å². The van der Waals surface area contributed by atoms with Gasteiger partial charge in [-0.2, -0.15) is 20.8 Å². The summed E-state index contributed by atoms with van der Waals surface area (Å²) in [6.07, 6.45) is 14.2. The number of azo groups is 2. The topological polar surface area (TPSA) is 258 Å². The Morgan fingerprint density at radius 3 is 1.60 bits per heavy atom. The number of aromatic nitrogens is 2. The van der Waals surface area contributed by atoms with Crippen molar-refractivity contribution in [2.24, 2.45) is 32.3 Å². The number of carbonyl (C=O) groups excluding carboxylic acids is 2. The molecule has 452 valence electrons. The van der Waals surface area contributed by atoms with Crippen molar-refractivity contribution in [3.05, 3.63) is 96.0 Å². The number of aryl methyl sites for hydroxylation is 2. The van der Waals surface area contributed by atoms with Crippen molar-refractivity contribution in [3.63, 3.8) is 0 Å². The van der Waals surface area contributed by atoms with Gasteiger partial charge >= 0.3 is 11.9 Å². The monoisotopic (exact) mass is 1180 g/mol. The number of esters is 2. The highest BCUT2D eigenvalue weighted by atomic mass is 32.2. The standard InChI is InChI=1S/C63H90N10O8S2/c1-11-15-21-25-49(14-4)39-73-61(77)54(35-65)46(9)58(63(73)79)70-68-51-29-28-50(42(5)32-51)40-83-67-37-45(8)81-57(75)27-23-20-18-17-19-22-26-56(74)80-44(7)36-66-41-82-55-31-30-52(33-43(55)6)69-71-59-47(10)53(34-64)60(76)72(62(59)78)38-48(13-3)24-16-12-2/h28-33,44-45,48-49,66-67,76-77H,11-27,36-41H2,1-10H3. The van der Waals surface area contributed by atoms with Crippen LogP contribution in [0.25, 0.3) is 0 Å². The van der Waals surface area contributed by atoms with E-state index in [1.165, 1.54) is 21.1 Å². The van der Waals surface area contributed by atoms with Crippen LogP contribution in [0.15, 0.2) is 71.3 Å². The zero-order valence-electron chi connectivity index (χ0n) is 50.8. The molecule has 4 aromatic rings. The summed E-state index contributed by atoms with van der Waals surface area (Å²) in [6.45, 7) is 20.9. The molecule has 18 nitrogen and oxygen atoms in total. The number of carbonyl (C=O) groups is 2. The number of thioether (sulfide) groups is 1. The smallest absolute Gasteiger partial charge is 0.306 e. The summed E-state index contributed by atoms with van der Waals surface area (Å²) >= 11 is 3.12. The number of hydrogen-bond donors (Lipinski definition) is 4. The van der Waals surface area contributed by atoms with Crippen molar-refractivity contribution in [2.75, 3.05) is 19.0 Å². The molecule has 2 aromatic carbocycles. The van der Waals surface area contributed by atoms with Crippen molar-refractivity contribution >= 4 is 58.4 Å². The molecule has 4 N–H and O–H groups in total. The van der Waals surface area contributed by atoms with Crippen LogP contribution in [-0.4, -0.2) is 62.5 Å². The Bertz CT molecular complexity index is 3020. The molecular formula is C63H90N10O8S2. The molecule has 0 aliphatic rings. The molecule has 20 heteroatoms. The molecule has 0 aliphatic heterocycles. The molecule has 0 saturated carbocycles. The molecule has 2 aromatic heterocycles. The Morgan fingerprint density at radius 2 is 1.12 bits per heavy atom. The van der Waals surface area contributed by atoms with Gasteiger partial charge in [-0.1, -0.05) is 116 Å². The lowest BCUT2D eigenvalue weighted by molar-refractivity contribution is -0.149. The molecule has 0 radical (unpaired) electrons. The Morgan fingerprint density at radius 1 is 0.639 bits per heavy atom. The minimum absolute atomic E-state index is 0.0250. The van der Waals surface area contributed by atoms with Gasteiger partial charge in [-0.05, 0) is 126 Å². The van der Waals surface area contributed by atoms with Crippen LogP contribution in [-0.2, 0) is 37.9 Å². The average molecular weight is 1180 g/mol. The number of unbranched alkanes of at least 4 members (excludes halogenated alkanes) is 8. The Balaban J connectivity index is 1.07. The van der Waals surface area contributed by atoms with E-state index in [1.807, 2.05) is 76.2 Å². The van der Waals surface area contributed by atoms with Gasteiger partial charge < -0.3 is 25.0 Å². The highest BCUT2D eigenvalue weighted by Gasteiger charge is 2.23. The number of pyridine rings is 2. The zero-order chi connectivity index (χ0) is 60.8. The maximum Gasteiger partial charge on any atom is 0.306 e. The highest BCUT2D eigenvalue weighted by Crippen LogP contribution is 2.32. The van der Waals surface area contributed by atoms with Gasteiger partial charge in [0.2, 0.25) is 11.8 Å². The molecular weight excluding hydrogens is 1090 g/mol. The molecule has 4 atom stereocenters. The zero-order valence-corrected chi connectivity index (χ0v) is 52.4. The minimum Gasteiger partial charge on any atom is -0.493 e. The summed E-state index contributed by atoms with van der Waals surface area (Å²) in [6, 6.07) is 15.4. The number of benzene rings is 2. The first kappa shape index (κ1) is 69.2. The average Bonchev–Trinajstić information content (AvgIpc) is 3.66. The summed E-state index contributed by atoms with van der Waals surface area (Å²) < 4.78 is 17.1. The van der Waals surface area contributed by atoms with Crippen LogP contribution >= 0.6 is 23.7 Å². The van der Waals surface area contributed by atoms with Crippen LogP contribution in [0.1, 0.15) is 190 Å². The van der Waals surface area contributed by atoms with Crippen LogP contribution in [0.2, 0.25) is 0 Å². The summed E-state index contributed by atoms with van der Waals surface area (Å²) in [5, 5.41) is 62.1. The van der Waals surface area contributed by atoms with Gasteiger partial charge in [0.25, 0.3) is 11.1 Å². The Hall–Kier alpha value is -6.32. The molecule has 0 spiro atoms. The van der Waals surface area contributed by atoms with Crippen molar-refractivity contribution < 1.29 is 29.3 Å². The number of hydrogen-bond acceptors (Lipinski definition) is 18. The fraction of sp³-hybridized carbons (Fsp3) is 0.587. The lowest BCUT2D eigenvalue weighted by atomic mass is 9.98. The van der Waals surface area contributed by atoms with Crippen molar-refractivity contribution in [2.45, 2.75) is 214 Å². The number of nitrogens with zero attached hydrogens (tertiary/aromatic N) is 8. The maximum atomic E-state index is 13.6. The van der Waals surface area contributed by atoms with E-state index in [0.717, 1.165) is 118 Å². The van der Waals surface area contributed by atoms with Crippen LogP contribution < -0.4 is 21.2 Å². The van der Waals surface area contributed by atoms with Gasteiger partial charge in [0.05, 0.1) is 11.4 Å². The van der Waals surface area contributed by atoms with E-state index in [9.17, 15) is 39.9 Å². The van der Waals surface area contributed by atoms with E-state index in [-0.39, 0.29) is 70.2 Å². The molecule has 0 amide bonds. The van der Waals surface area contributed by atoms with Gasteiger partial charge in [-0.25, -0.2) is 0 Å². The minimum atomic E-state index is -0.468. The van der Waals surface area contributed by atoms with Crippen molar-refractivity contribution in [3.8, 4) is 23.9 Å². The second-order valence-electron chi connectivity index (χ2n) is 21.6. The second kappa shape index (κ2) is 37.1. The number of nitriles is 2. The summed E-state index contributed by atoms with van der Waals surface area (Å²) in [7, 11) is 0. The summed E-state index contributed by atoms with van der Waals surface area (Å²) in [4.78, 5) is 53.2. The molecule has 0 aliphatic carbocycles. The normalized spacial score (nSPS) is 13.0. The third-order valence-corrected chi connectivity index (χ3v) is 16.9. The fourth-order valence-corrected chi connectivity index (χ4v) is 11.3. The van der Waals surface area contributed by atoms with E-state index in [1.54, 1.807) is 25.6 Å². The quantitative estimate of drug-likeness (QED) is 0.00813. The Kier molecular flexibility index (Phi) is 30.9. The predicted octanol–water partition coefficient (Wildman–Crippen LogP) is 15.1. The number of ether oxygens (including phenoxy) is 2. The van der Waals surface area contributed by atoms with Crippen molar-refractivity contribution in [1.29, 1.82) is 10.5 Å². The first-order valence-electron chi connectivity index (χ1n) is 29.7. The molecule has 0 bridgehead atoms. The molecule has 4 rings (SSSR count). The molecule has 83 heavy (non-hydrogen) atoms. The molecule has 0 fully saturated rings. The van der Waals surface area contributed by atoms with E-state index in [0.29, 0.717) is 73.2 Å². The summed E-state index contributed by atoms with van der Waals surface area (Å²) in [5.74, 6) is 0.537. The van der Waals surface area contributed by atoms with E-state index in [2.05, 4.69) is 58.2 Å². The predicted molar refractivity (Wildman–Crippen MR) is 332 cm³/mol. The van der Waals surface area contributed by atoms with Crippen molar-refractivity contribution in [1.82, 2.24) is 19.2 Å². The molecule has 2 heterocycles. The van der Waals surface area contributed by atoms with E-state index >= 15 is 0 Å². The van der Waals surface area contributed by atoms with Gasteiger partial charge in [0.15, 0.2) is 11.4 Å². The van der Waals surface area contributed by atoms with Gasteiger partial charge in [-0.15, -0.1) is 22.0 Å². The second-order valence-corrected chi connectivity index (χ2v) is 23.5. The third-order valence-electron chi connectivity index (χ3n) is 14.9. The van der Waals surface area contributed by atoms with Crippen LogP contribution in [0.5, 0.6) is 11.8 Å². The van der Waals surface area contributed by atoms with E-state index in [4.69, 9.17) is 9.47 Å². The van der Waals surface area contributed by atoms with Crippen LogP contribution in [0.4, 0.5) is 22.7 Å². The van der Waals surface area contributed by atoms with Gasteiger partial charge in [-0.3, -0.25) is 33.0 Å². The summed E-state index contributed by atoms with van der Waals surface area (Å²) in [5.41, 5.74) is 3.95. The SMILES string of the molecule is CCCCCC(CC)Cn1c(O)c(C#N)c(C)c(N=Nc2ccc(CSNCC(C)OC(=O)CCCCCCCCC(=O)OC(C)CNCSc3ccc(N=Nc4c(C)c(C#N)c(O)n(CC(CC)CCCC)c4=O)cc3C)c(C)c2)c1=O. The Labute approximate surface area is 500 Å². The maximum absolute atomic E-state index is 13.6. The lowest BCUT2D eigenvalue weighted by Gasteiger charge is -2.19. The third kappa shape index (κ3) is 22.3. The van der Waals surface area contributed by atoms with Crippen LogP contribution in [0, 0.1) is 62.2 Å². The number of nitrogens with one attached hydrogen (secondary N) is 2. The first-order chi connectivity index (χ1) is 39.9.